The summed E-state index contributed by atoms with van der Waals surface area (Å²) in [6, 6.07) is 16.1. The molecule has 0 aliphatic carbocycles. The molecule has 1 atom stereocenters. The fraction of sp³-hybridized carbons (Fsp3) is 0.150. The van der Waals surface area contributed by atoms with Gasteiger partial charge in [-0.25, -0.2) is 9.78 Å². The highest BCUT2D eigenvalue weighted by Crippen LogP contribution is 2.32. The van der Waals surface area contributed by atoms with E-state index in [0.29, 0.717) is 17.6 Å². The number of aromatic nitrogens is 2. The summed E-state index contributed by atoms with van der Waals surface area (Å²) in [6.45, 7) is 1.85. The van der Waals surface area contributed by atoms with E-state index in [4.69, 9.17) is 0 Å². The Morgan fingerprint density at radius 2 is 1.78 bits per heavy atom. The number of hydrogen-bond donors (Lipinski definition) is 1. The number of para-hydroxylation sites is 2. The van der Waals surface area contributed by atoms with Crippen molar-refractivity contribution in [1.29, 1.82) is 0 Å². The molecule has 2 aromatic carbocycles. The van der Waals surface area contributed by atoms with Crippen molar-refractivity contribution in [1.82, 2.24) is 20.3 Å². The first-order valence-electron chi connectivity index (χ1n) is 8.62. The Bertz CT molecular complexity index is 1050. The summed E-state index contributed by atoms with van der Waals surface area (Å²) >= 11 is 0. The van der Waals surface area contributed by atoms with Crippen molar-refractivity contribution in [2.75, 3.05) is 0 Å². The summed E-state index contributed by atoms with van der Waals surface area (Å²) in [7, 11) is 0. The van der Waals surface area contributed by atoms with Crippen LogP contribution >= 0.6 is 0 Å². The van der Waals surface area contributed by atoms with E-state index < -0.39 is 17.5 Å². The molecule has 1 N–H and O–H groups in total. The van der Waals surface area contributed by atoms with E-state index in [1.807, 2.05) is 61.5 Å². The third-order valence-electron chi connectivity index (χ3n) is 4.64. The summed E-state index contributed by atoms with van der Waals surface area (Å²) in [4.78, 5) is 34.1. The third-order valence-corrected chi connectivity index (χ3v) is 4.64. The summed E-state index contributed by atoms with van der Waals surface area (Å²) in [5.74, 6) is -0.411. The zero-order valence-electron chi connectivity index (χ0n) is 14.7. The topological polar surface area (TPSA) is 87.6 Å². The minimum atomic E-state index is -1.11. The van der Waals surface area contributed by atoms with Crippen molar-refractivity contribution in [2.24, 2.45) is 5.10 Å². The predicted octanol–water partition coefficient (Wildman–Crippen LogP) is 2.82. The van der Waals surface area contributed by atoms with Crippen LogP contribution in [-0.2, 0) is 10.3 Å². The fourth-order valence-corrected chi connectivity index (χ4v) is 3.18. The maximum Gasteiger partial charge on any atom is 0.346 e. The maximum atomic E-state index is 13.0. The second kappa shape index (κ2) is 6.60. The average Bonchev–Trinajstić information content (AvgIpc) is 2.97. The van der Waals surface area contributed by atoms with Crippen molar-refractivity contribution in [2.45, 2.75) is 18.9 Å². The van der Waals surface area contributed by atoms with Gasteiger partial charge in [0, 0.05) is 0 Å². The summed E-state index contributed by atoms with van der Waals surface area (Å²) < 4.78 is 0. The van der Waals surface area contributed by atoms with Crippen molar-refractivity contribution in [3.05, 3.63) is 72.1 Å². The van der Waals surface area contributed by atoms with Gasteiger partial charge in [0.1, 0.15) is 11.2 Å². The van der Waals surface area contributed by atoms with Crippen LogP contribution in [0.25, 0.3) is 11.0 Å². The molecule has 1 aliphatic rings. The number of nitrogens with one attached hydrogen (secondary N) is 1. The molecule has 2 heterocycles. The number of fused-ring (bicyclic) bond motifs is 1. The van der Waals surface area contributed by atoms with E-state index in [-0.39, 0.29) is 0 Å². The normalized spacial score (nSPS) is 19.8. The lowest BCUT2D eigenvalue weighted by molar-refractivity contribution is -0.131. The number of hydrazone groups is 1. The van der Waals surface area contributed by atoms with Crippen molar-refractivity contribution in [3.63, 3.8) is 0 Å². The molecule has 0 bridgehead atoms. The van der Waals surface area contributed by atoms with Gasteiger partial charge >= 0.3 is 6.03 Å². The zero-order chi connectivity index (χ0) is 18.9. The molecule has 3 amide bonds. The van der Waals surface area contributed by atoms with E-state index in [0.717, 1.165) is 16.1 Å². The monoisotopic (exact) mass is 359 g/mol. The largest absolute Gasteiger partial charge is 0.346 e. The number of carbonyl (C=O) groups excluding carboxylic acids is 2. The van der Waals surface area contributed by atoms with Crippen LogP contribution in [0.5, 0.6) is 0 Å². The van der Waals surface area contributed by atoms with Gasteiger partial charge in [-0.2, -0.15) is 5.10 Å². The molecule has 1 aromatic heterocycles. The maximum absolute atomic E-state index is 13.0. The number of hydrogen-bond acceptors (Lipinski definition) is 5. The lowest BCUT2D eigenvalue weighted by Gasteiger charge is -2.24. The first kappa shape index (κ1) is 16.8. The second-order valence-electron chi connectivity index (χ2n) is 6.20. The van der Waals surface area contributed by atoms with Gasteiger partial charge in [-0.05, 0) is 24.1 Å². The Kier molecular flexibility index (Phi) is 4.12. The number of carbonyl (C=O) groups is 2. The average molecular weight is 359 g/mol. The van der Waals surface area contributed by atoms with Crippen LogP contribution in [-0.4, -0.2) is 33.1 Å². The molecular formula is C20H17N5O2. The fourth-order valence-electron chi connectivity index (χ4n) is 3.18. The van der Waals surface area contributed by atoms with Crippen LogP contribution in [0, 0.1) is 0 Å². The SMILES string of the molecule is CC[C@]1(c2ccccc2)NC(=O)N(/N=C\c2cnc3ccccc3n2)C1=O. The van der Waals surface area contributed by atoms with E-state index in [1.54, 1.807) is 6.20 Å². The van der Waals surface area contributed by atoms with Crippen molar-refractivity contribution in [3.8, 4) is 0 Å². The molecule has 7 nitrogen and oxygen atoms in total. The first-order valence-corrected chi connectivity index (χ1v) is 8.62. The predicted molar refractivity (Wildman–Crippen MR) is 101 cm³/mol. The molecule has 7 heteroatoms. The Hall–Kier alpha value is -3.61. The molecule has 0 saturated carbocycles. The highest BCUT2D eigenvalue weighted by Gasteiger charge is 2.51. The van der Waals surface area contributed by atoms with Gasteiger partial charge in [0.15, 0.2) is 0 Å². The standard InChI is InChI=1S/C20H17N5O2/c1-2-20(14-8-4-3-5-9-14)18(26)25(19(27)24-20)22-13-15-12-21-16-10-6-7-11-17(16)23-15/h3-13H,2H2,1H3,(H,24,27)/b22-13-/t20-/m1/s1. The van der Waals surface area contributed by atoms with Crippen LogP contribution in [0.1, 0.15) is 24.6 Å². The third kappa shape index (κ3) is 2.83. The summed E-state index contributed by atoms with van der Waals surface area (Å²) in [6.07, 6.45) is 3.34. The van der Waals surface area contributed by atoms with Crippen LogP contribution in [0.15, 0.2) is 65.9 Å². The number of rotatable bonds is 4. The molecule has 134 valence electrons. The van der Waals surface area contributed by atoms with Crippen molar-refractivity contribution >= 4 is 29.2 Å². The minimum Gasteiger partial charge on any atom is -0.318 e. The van der Waals surface area contributed by atoms with Gasteiger partial charge in [-0.15, -0.1) is 5.01 Å². The molecule has 3 aromatic rings. The smallest absolute Gasteiger partial charge is 0.318 e. The Morgan fingerprint density at radius 3 is 2.52 bits per heavy atom. The molecule has 1 saturated heterocycles. The van der Waals surface area contributed by atoms with Gasteiger partial charge in [-0.1, -0.05) is 49.4 Å². The van der Waals surface area contributed by atoms with E-state index in [9.17, 15) is 9.59 Å². The molecule has 0 spiro atoms. The first-order chi connectivity index (χ1) is 13.1. The molecule has 27 heavy (non-hydrogen) atoms. The number of imide groups is 1. The van der Waals surface area contributed by atoms with E-state index >= 15 is 0 Å². The highest BCUT2D eigenvalue weighted by atomic mass is 16.2. The van der Waals surface area contributed by atoms with Gasteiger partial charge in [-0.3, -0.25) is 9.78 Å². The van der Waals surface area contributed by atoms with Crippen LogP contribution in [0.3, 0.4) is 0 Å². The van der Waals surface area contributed by atoms with Gasteiger partial charge in [0.25, 0.3) is 5.91 Å². The van der Waals surface area contributed by atoms with Crippen LogP contribution in [0.2, 0.25) is 0 Å². The number of nitrogens with zero attached hydrogens (tertiary/aromatic N) is 4. The second-order valence-corrected chi connectivity index (χ2v) is 6.20. The molecule has 0 radical (unpaired) electrons. The van der Waals surface area contributed by atoms with Gasteiger partial charge in [0.05, 0.1) is 23.4 Å². The lowest BCUT2D eigenvalue weighted by atomic mass is 9.87. The zero-order valence-corrected chi connectivity index (χ0v) is 14.7. The van der Waals surface area contributed by atoms with Crippen LogP contribution < -0.4 is 5.32 Å². The molecule has 1 fully saturated rings. The Balaban J connectivity index is 1.64. The minimum absolute atomic E-state index is 0.411. The van der Waals surface area contributed by atoms with Crippen molar-refractivity contribution < 1.29 is 9.59 Å². The molecule has 0 unspecified atom stereocenters. The molecule has 4 rings (SSSR count). The summed E-state index contributed by atoms with van der Waals surface area (Å²) in [5, 5.41) is 7.72. The highest BCUT2D eigenvalue weighted by molar-refractivity contribution is 6.07. The lowest BCUT2D eigenvalue weighted by Crippen LogP contribution is -2.43. The quantitative estimate of drug-likeness (QED) is 0.573. The summed E-state index contributed by atoms with van der Waals surface area (Å²) in [5.41, 5.74) is 1.56. The van der Waals surface area contributed by atoms with E-state index in [1.165, 1.54) is 6.21 Å². The Morgan fingerprint density at radius 1 is 1.07 bits per heavy atom. The van der Waals surface area contributed by atoms with E-state index in [2.05, 4.69) is 20.4 Å². The number of benzene rings is 2. The van der Waals surface area contributed by atoms with Gasteiger partial charge in [0.2, 0.25) is 0 Å². The van der Waals surface area contributed by atoms with Gasteiger partial charge < -0.3 is 5.32 Å². The molecular weight excluding hydrogens is 342 g/mol. The molecule has 1 aliphatic heterocycles. The number of urea groups is 1. The Labute approximate surface area is 155 Å². The van der Waals surface area contributed by atoms with Crippen LogP contribution in [0.4, 0.5) is 4.79 Å². The number of amides is 3.